The topological polar surface area (TPSA) is 32.5 Å². The van der Waals surface area contributed by atoms with E-state index in [9.17, 15) is 0 Å². The molecular weight excluding hydrogens is 222 g/mol. The lowest BCUT2D eigenvalue weighted by Crippen LogP contribution is -2.57. The summed E-state index contributed by atoms with van der Waals surface area (Å²) in [4.78, 5) is 5.28. The van der Waals surface area contributed by atoms with Crippen LogP contribution in [0.5, 0.6) is 0 Å². The Labute approximate surface area is 113 Å². The van der Waals surface area contributed by atoms with Gasteiger partial charge in [0.05, 0.1) is 0 Å². The number of piperazine rings is 1. The SMILES string of the molecule is CCC1CN(C2CC(C)CCC2CN)CCN1C. The summed E-state index contributed by atoms with van der Waals surface area (Å²) in [6.45, 7) is 9.31. The third kappa shape index (κ3) is 3.06. The predicted molar refractivity (Wildman–Crippen MR) is 77.6 cm³/mol. The maximum atomic E-state index is 6.00. The molecule has 3 nitrogen and oxygen atoms in total. The molecule has 0 radical (unpaired) electrons. The smallest absolute Gasteiger partial charge is 0.0218 e. The Morgan fingerprint density at radius 3 is 2.67 bits per heavy atom. The predicted octanol–water partition coefficient (Wildman–Crippen LogP) is 1.78. The van der Waals surface area contributed by atoms with Crippen LogP contribution in [0.1, 0.15) is 39.5 Å². The summed E-state index contributed by atoms with van der Waals surface area (Å²) < 4.78 is 0. The van der Waals surface area contributed by atoms with Crippen LogP contribution < -0.4 is 5.73 Å². The van der Waals surface area contributed by atoms with Gasteiger partial charge >= 0.3 is 0 Å². The molecule has 3 heteroatoms. The van der Waals surface area contributed by atoms with Crippen LogP contribution in [0.2, 0.25) is 0 Å². The van der Waals surface area contributed by atoms with E-state index in [4.69, 9.17) is 5.73 Å². The highest BCUT2D eigenvalue weighted by molar-refractivity contribution is 4.90. The maximum absolute atomic E-state index is 6.00. The van der Waals surface area contributed by atoms with Gasteiger partial charge in [0.1, 0.15) is 0 Å². The van der Waals surface area contributed by atoms with E-state index < -0.39 is 0 Å². The van der Waals surface area contributed by atoms with Crippen molar-refractivity contribution in [1.29, 1.82) is 0 Å². The fourth-order valence-electron chi connectivity index (χ4n) is 3.85. The summed E-state index contributed by atoms with van der Waals surface area (Å²) in [7, 11) is 2.27. The van der Waals surface area contributed by atoms with Gasteiger partial charge in [0.2, 0.25) is 0 Å². The minimum atomic E-state index is 0.738. The van der Waals surface area contributed by atoms with Gasteiger partial charge in [0.15, 0.2) is 0 Å². The molecule has 0 aromatic carbocycles. The van der Waals surface area contributed by atoms with Crippen molar-refractivity contribution in [2.75, 3.05) is 33.2 Å². The largest absolute Gasteiger partial charge is 0.330 e. The van der Waals surface area contributed by atoms with Crippen molar-refractivity contribution in [3.63, 3.8) is 0 Å². The minimum Gasteiger partial charge on any atom is -0.330 e. The molecule has 0 amide bonds. The highest BCUT2D eigenvalue weighted by Crippen LogP contribution is 2.32. The van der Waals surface area contributed by atoms with Gasteiger partial charge in [-0.1, -0.05) is 20.3 Å². The first-order valence-electron chi connectivity index (χ1n) is 7.80. The van der Waals surface area contributed by atoms with Gasteiger partial charge in [0, 0.05) is 31.7 Å². The minimum absolute atomic E-state index is 0.738. The van der Waals surface area contributed by atoms with E-state index >= 15 is 0 Å². The lowest BCUT2D eigenvalue weighted by molar-refractivity contribution is 0.0181. The third-order valence-electron chi connectivity index (χ3n) is 5.27. The molecule has 0 spiro atoms. The first-order chi connectivity index (χ1) is 8.65. The van der Waals surface area contributed by atoms with Crippen molar-refractivity contribution in [1.82, 2.24) is 9.80 Å². The van der Waals surface area contributed by atoms with Gasteiger partial charge in [-0.15, -0.1) is 0 Å². The fourth-order valence-corrected chi connectivity index (χ4v) is 3.85. The van der Waals surface area contributed by atoms with Crippen molar-refractivity contribution in [2.45, 2.75) is 51.6 Å². The summed E-state index contributed by atoms with van der Waals surface area (Å²) in [6.07, 6.45) is 5.35. The Bertz CT molecular complexity index is 256. The summed E-state index contributed by atoms with van der Waals surface area (Å²) in [6, 6.07) is 1.50. The van der Waals surface area contributed by atoms with Crippen LogP contribution in [0.15, 0.2) is 0 Å². The van der Waals surface area contributed by atoms with Crippen LogP contribution in [0.4, 0.5) is 0 Å². The van der Waals surface area contributed by atoms with Crippen LogP contribution in [0.25, 0.3) is 0 Å². The number of nitrogens with zero attached hydrogens (tertiary/aromatic N) is 2. The number of nitrogens with two attached hydrogens (primary N) is 1. The Morgan fingerprint density at radius 1 is 1.22 bits per heavy atom. The zero-order valence-corrected chi connectivity index (χ0v) is 12.4. The average molecular weight is 253 g/mol. The van der Waals surface area contributed by atoms with Crippen LogP contribution in [-0.2, 0) is 0 Å². The monoisotopic (exact) mass is 253 g/mol. The van der Waals surface area contributed by atoms with E-state index in [0.29, 0.717) is 0 Å². The second kappa shape index (κ2) is 6.36. The second-order valence-electron chi connectivity index (χ2n) is 6.52. The second-order valence-corrected chi connectivity index (χ2v) is 6.52. The molecule has 0 aromatic heterocycles. The van der Waals surface area contributed by atoms with Crippen molar-refractivity contribution in [3.8, 4) is 0 Å². The normalized spacial score (nSPS) is 40.0. The molecule has 2 aliphatic rings. The van der Waals surface area contributed by atoms with Gasteiger partial charge in [-0.2, -0.15) is 0 Å². The molecule has 4 atom stereocenters. The molecule has 0 bridgehead atoms. The lowest BCUT2D eigenvalue weighted by atomic mass is 9.78. The zero-order valence-electron chi connectivity index (χ0n) is 12.4. The Hall–Kier alpha value is -0.120. The first-order valence-corrected chi connectivity index (χ1v) is 7.80. The molecule has 1 aliphatic carbocycles. The standard InChI is InChI=1S/C15H31N3/c1-4-14-11-18(8-7-17(14)3)15-9-12(2)5-6-13(15)10-16/h12-15H,4-11,16H2,1-3H3. The van der Waals surface area contributed by atoms with E-state index in [1.165, 1.54) is 45.3 Å². The summed E-state index contributed by atoms with van der Waals surface area (Å²) in [5.74, 6) is 1.62. The van der Waals surface area contributed by atoms with Crippen LogP contribution in [-0.4, -0.2) is 55.1 Å². The molecular formula is C15H31N3. The summed E-state index contributed by atoms with van der Waals surface area (Å²) in [5.41, 5.74) is 6.00. The number of hydrogen-bond donors (Lipinski definition) is 1. The Kier molecular flexibility index (Phi) is 5.05. The van der Waals surface area contributed by atoms with Crippen molar-refractivity contribution in [2.24, 2.45) is 17.6 Å². The summed E-state index contributed by atoms with van der Waals surface area (Å²) in [5, 5.41) is 0. The molecule has 1 heterocycles. The molecule has 18 heavy (non-hydrogen) atoms. The van der Waals surface area contributed by atoms with Crippen molar-refractivity contribution >= 4 is 0 Å². The van der Waals surface area contributed by atoms with Crippen LogP contribution in [0.3, 0.4) is 0 Å². The number of rotatable bonds is 3. The van der Waals surface area contributed by atoms with E-state index in [1.54, 1.807) is 0 Å². The Balaban J connectivity index is 2.00. The lowest BCUT2D eigenvalue weighted by Gasteiger charge is -2.47. The average Bonchev–Trinajstić information content (AvgIpc) is 2.39. The van der Waals surface area contributed by atoms with E-state index in [0.717, 1.165) is 30.5 Å². The van der Waals surface area contributed by atoms with Crippen molar-refractivity contribution < 1.29 is 0 Å². The van der Waals surface area contributed by atoms with Crippen molar-refractivity contribution in [3.05, 3.63) is 0 Å². The van der Waals surface area contributed by atoms with E-state index in [2.05, 4.69) is 30.7 Å². The van der Waals surface area contributed by atoms with Gasteiger partial charge < -0.3 is 10.6 Å². The van der Waals surface area contributed by atoms with Gasteiger partial charge in [-0.25, -0.2) is 0 Å². The molecule has 1 aliphatic heterocycles. The zero-order chi connectivity index (χ0) is 13.1. The van der Waals surface area contributed by atoms with Crippen LogP contribution in [0, 0.1) is 11.8 Å². The molecule has 106 valence electrons. The Morgan fingerprint density at radius 2 is 2.00 bits per heavy atom. The molecule has 1 saturated heterocycles. The molecule has 1 saturated carbocycles. The van der Waals surface area contributed by atoms with Gasteiger partial charge in [-0.3, -0.25) is 4.90 Å². The van der Waals surface area contributed by atoms with Gasteiger partial charge in [0.25, 0.3) is 0 Å². The first kappa shape index (κ1) is 14.3. The van der Waals surface area contributed by atoms with E-state index in [1.807, 2.05) is 0 Å². The third-order valence-corrected chi connectivity index (χ3v) is 5.27. The summed E-state index contributed by atoms with van der Waals surface area (Å²) >= 11 is 0. The quantitative estimate of drug-likeness (QED) is 0.832. The molecule has 2 fully saturated rings. The van der Waals surface area contributed by atoms with Gasteiger partial charge in [-0.05, 0) is 44.7 Å². The fraction of sp³-hybridized carbons (Fsp3) is 1.00. The number of likely N-dealkylation sites (N-methyl/N-ethyl adjacent to an activating group) is 1. The molecule has 2 N–H and O–H groups in total. The molecule has 0 aromatic rings. The highest BCUT2D eigenvalue weighted by atomic mass is 15.3. The van der Waals surface area contributed by atoms with Crippen LogP contribution >= 0.6 is 0 Å². The van der Waals surface area contributed by atoms with E-state index in [-0.39, 0.29) is 0 Å². The molecule has 4 unspecified atom stereocenters. The maximum Gasteiger partial charge on any atom is 0.0218 e. The molecule has 2 rings (SSSR count). The number of hydrogen-bond acceptors (Lipinski definition) is 3. The highest BCUT2D eigenvalue weighted by Gasteiger charge is 2.35.